The summed E-state index contributed by atoms with van der Waals surface area (Å²) in [6, 6.07) is 8.87. The van der Waals surface area contributed by atoms with Gasteiger partial charge >= 0.3 is 12.1 Å². The van der Waals surface area contributed by atoms with Crippen LogP contribution in [0, 0.1) is 11.6 Å². The summed E-state index contributed by atoms with van der Waals surface area (Å²) in [5.41, 5.74) is 1.78. The van der Waals surface area contributed by atoms with Crippen molar-refractivity contribution in [2.45, 2.75) is 65.0 Å². The average molecular weight is 505 g/mol. The second kappa shape index (κ2) is 14.5. The predicted molar refractivity (Wildman–Crippen MR) is 124 cm³/mol. The van der Waals surface area contributed by atoms with Gasteiger partial charge in [-0.1, -0.05) is 39.8 Å². The molecule has 0 saturated heterocycles. The molecule has 2 aromatic rings. The van der Waals surface area contributed by atoms with E-state index in [4.69, 9.17) is 4.74 Å². The molecule has 2 aromatic carbocycles. The van der Waals surface area contributed by atoms with Crippen LogP contribution in [-0.2, 0) is 9.53 Å². The van der Waals surface area contributed by atoms with E-state index in [1.807, 2.05) is 27.7 Å². The molecular weight excluding hydrogens is 471 g/mol. The molecule has 196 valence electrons. The van der Waals surface area contributed by atoms with E-state index in [1.165, 1.54) is 25.3 Å². The highest BCUT2D eigenvalue weighted by Gasteiger charge is 2.29. The highest BCUT2D eigenvalue weighted by molar-refractivity contribution is 5.68. The number of esters is 1. The van der Waals surface area contributed by atoms with E-state index >= 15 is 0 Å². The van der Waals surface area contributed by atoms with Crippen molar-refractivity contribution in [2.24, 2.45) is 0 Å². The van der Waals surface area contributed by atoms with E-state index in [2.05, 4.69) is 9.47 Å². The monoisotopic (exact) mass is 504 g/mol. The molecule has 0 heterocycles. The Labute approximate surface area is 203 Å². The van der Waals surface area contributed by atoms with Gasteiger partial charge in [0.05, 0.1) is 13.7 Å². The fraction of sp³-hybridized carbons (Fsp3) is 0.500. The first-order valence-electron chi connectivity index (χ1n) is 11.3. The third-order valence-electron chi connectivity index (χ3n) is 4.90. The lowest BCUT2D eigenvalue weighted by Gasteiger charge is -2.12. The smallest absolute Gasteiger partial charge is 0.422 e. The van der Waals surface area contributed by atoms with Crippen molar-refractivity contribution in [1.29, 1.82) is 0 Å². The Morgan fingerprint density at radius 2 is 1.31 bits per heavy atom. The zero-order chi connectivity index (χ0) is 26.6. The van der Waals surface area contributed by atoms with Gasteiger partial charge in [0.25, 0.3) is 0 Å². The third-order valence-corrected chi connectivity index (χ3v) is 4.90. The first-order chi connectivity index (χ1) is 16.3. The van der Waals surface area contributed by atoms with Crippen molar-refractivity contribution in [3.8, 4) is 11.5 Å². The van der Waals surface area contributed by atoms with Gasteiger partial charge in [0.2, 0.25) is 0 Å². The number of halogens is 5. The summed E-state index contributed by atoms with van der Waals surface area (Å²) >= 11 is 0. The largest absolute Gasteiger partial charge is 0.491 e. The number of ether oxygens (including phenoxy) is 3. The van der Waals surface area contributed by atoms with E-state index < -0.39 is 18.6 Å². The maximum atomic E-state index is 13.5. The maximum Gasteiger partial charge on any atom is 0.422 e. The maximum absolute atomic E-state index is 13.5. The molecule has 2 rings (SSSR count). The molecule has 0 saturated carbocycles. The van der Waals surface area contributed by atoms with Gasteiger partial charge < -0.3 is 14.2 Å². The summed E-state index contributed by atoms with van der Waals surface area (Å²) < 4.78 is 76.6. The summed E-state index contributed by atoms with van der Waals surface area (Å²) in [7, 11) is 1.37. The average Bonchev–Trinajstić information content (AvgIpc) is 2.78. The van der Waals surface area contributed by atoms with Gasteiger partial charge in [-0.3, -0.25) is 4.79 Å². The number of carbonyl (C=O) groups is 1. The third kappa shape index (κ3) is 11.9. The first-order valence-corrected chi connectivity index (χ1v) is 11.3. The van der Waals surface area contributed by atoms with Crippen molar-refractivity contribution in [3.05, 3.63) is 59.2 Å². The molecule has 0 fully saturated rings. The van der Waals surface area contributed by atoms with Crippen molar-refractivity contribution in [1.82, 2.24) is 0 Å². The van der Waals surface area contributed by atoms with E-state index in [0.717, 1.165) is 17.2 Å². The van der Waals surface area contributed by atoms with Crippen LogP contribution in [0.25, 0.3) is 0 Å². The fourth-order valence-electron chi connectivity index (χ4n) is 2.79. The Bertz CT molecular complexity index is 926. The zero-order valence-electron chi connectivity index (χ0n) is 20.7. The Balaban J connectivity index is 0.000000355. The predicted octanol–water partition coefficient (Wildman–Crippen LogP) is 7.56. The van der Waals surface area contributed by atoms with Gasteiger partial charge in [-0.25, -0.2) is 8.78 Å². The van der Waals surface area contributed by atoms with Crippen LogP contribution in [-0.4, -0.2) is 32.5 Å². The molecule has 0 aromatic heterocycles. The fourth-order valence-corrected chi connectivity index (χ4v) is 2.79. The van der Waals surface area contributed by atoms with Crippen LogP contribution in [0.2, 0.25) is 0 Å². The molecule has 0 N–H and O–H groups in total. The van der Waals surface area contributed by atoms with E-state index in [0.29, 0.717) is 31.8 Å². The summed E-state index contributed by atoms with van der Waals surface area (Å²) in [6.45, 7) is 6.74. The highest BCUT2D eigenvalue weighted by Crippen LogP contribution is 2.26. The van der Waals surface area contributed by atoms with Crippen molar-refractivity contribution in [2.75, 3.05) is 20.3 Å². The minimum absolute atomic E-state index is 0.105. The number of carbonyl (C=O) groups excluding carboxylic acids is 1. The van der Waals surface area contributed by atoms with Crippen molar-refractivity contribution < 1.29 is 41.0 Å². The zero-order valence-corrected chi connectivity index (χ0v) is 20.7. The second-order valence-corrected chi connectivity index (χ2v) is 8.47. The molecule has 35 heavy (non-hydrogen) atoms. The first kappa shape index (κ1) is 30.2. The molecular formula is C26H33F5O4. The molecule has 0 unspecified atom stereocenters. The second-order valence-electron chi connectivity index (χ2n) is 8.47. The summed E-state index contributed by atoms with van der Waals surface area (Å²) in [5, 5.41) is 0. The summed E-state index contributed by atoms with van der Waals surface area (Å²) in [4.78, 5) is 10.9. The molecule has 0 radical (unpaired) electrons. The normalized spacial score (nSPS) is 11.2. The SMILES string of the molecule is CC(C)c1ccc(F)c(OCC(F)(F)F)c1.COC(=O)CCCCOc1cc(C(C)C)ccc1F. The minimum atomic E-state index is -4.46. The summed E-state index contributed by atoms with van der Waals surface area (Å²) in [5.74, 6) is -0.997. The Morgan fingerprint density at radius 3 is 1.74 bits per heavy atom. The number of unbranched alkanes of at least 4 members (excludes halogenated alkanes) is 1. The molecule has 9 heteroatoms. The van der Waals surface area contributed by atoms with E-state index in [-0.39, 0.29) is 29.2 Å². The van der Waals surface area contributed by atoms with Gasteiger partial charge in [0.15, 0.2) is 29.7 Å². The van der Waals surface area contributed by atoms with Crippen molar-refractivity contribution >= 4 is 5.97 Å². The number of benzene rings is 2. The number of hydrogen-bond acceptors (Lipinski definition) is 4. The van der Waals surface area contributed by atoms with E-state index in [9.17, 15) is 26.7 Å². The van der Waals surface area contributed by atoms with Crippen LogP contribution in [0.15, 0.2) is 36.4 Å². The lowest BCUT2D eigenvalue weighted by Crippen LogP contribution is -2.19. The van der Waals surface area contributed by atoms with Gasteiger partial charge in [-0.15, -0.1) is 0 Å². The molecule has 0 aliphatic heterocycles. The lowest BCUT2D eigenvalue weighted by atomic mass is 10.0. The van der Waals surface area contributed by atoms with Gasteiger partial charge in [-0.2, -0.15) is 13.2 Å². The van der Waals surface area contributed by atoms with E-state index in [1.54, 1.807) is 12.1 Å². The topological polar surface area (TPSA) is 44.8 Å². The summed E-state index contributed by atoms with van der Waals surface area (Å²) in [6.07, 6.45) is -2.72. The highest BCUT2D eigenvalue weighted by atomic mass is 19.4. The molecule has 0 aliphatic carbocycles. The standard InChI is InChI=1S/C15H21FO3.C11H12F4O/c1-11(2)12-7-8-13(16)14(10-12)19-9-5-4-6-15(17)18-3;1-7(2)8-3-4-9(12)10(5-8)16-6-11(13,14)15/h7-8,10-11H,4-6,9H2,1-3H3;3-5,7H,6H2,1-2H3. The van der Waals surface area contributed by atoms with Crippen molar-refractivity contribution in [3.63, 3.8) is 0 Å². The minimum Gasteiger partial charge on any atom is -0.491 e. The molecule has 0 spiro atoms. The van der Waals surface area contributed by atoms with Gasteiger partial charge in [-0.05, 0) is 60.1 Å². The quantitative estimate of drug-likeness (QED) is 0.190. The number of methoxy groups -OCH3 is 1. The molecule has 0 atom stereocenters. The van der Waals surface area contributed by atoms with Gasteiger partial charge in [0, 0.05) is 6.42 Å². The van der Waals surface area contributed by atoms with Crippen LogP contribution in [0.4, 0.5) is 22.0 Å². The lowest BCUT2D eigenvalue weighted by molar-refractivity contribution is -0.153. The molecule has 0 amide bonds. The van der Waals surface area contributed by atoms with Crippen LogP contribution in [0.3, 0.4) is 0 Å². The number of hydrogen-bond donors (Lipinski definition) is 0. The number of rotatable bonds is 10. The Kier molecular flexibility index (Phi) is 12.5. The molecule has 0 bridgehead atoms. The van der Waals surface area contributed by atoms with Crippen LogP contribution in [0.1, 0.15) is 69.9 Å². The Morgan fingerprint density at radius 1 is 0.829 bits per heavy atom. The van der Waals surface area contributed by atoms with Crippen LogP contribution < -0.4 is 9.47 Å². The van der Waals surface area contributed by atoms with Crippen LogP contribution in [0.5, 0.6) is 11.5 Å². The Hall–Kier alpha value is -2.84. The molecule has 4 nitrogen and oxygen atoms in total. The van der Waals surface area contributed by atoms with Gasteiger partial charge in [0.1, 0.15) is 0 Å². The van der Waals surface area contributed by atoms with Crippen LogP contribution >= 0.6 is 0 Å². The number of alkyl halides is 3. The molecule has 0 aliphatic rings.